The molecule has 110 valence electrons. The molecule has 1 atom stereocenters. The van der Waals surface area contributed by atoms with Gasteiger partial charge in [0, 0.05) is 18.7 Å². The van der Waals surface area contributed by atoms with Gasteiger partial charge in [0.25, 0.3) is 5.91 Å². The minimum absolute atomic E-state index is 0.202. The standard InChI is InChI=1S/C18H27NO/c1-4-6-11-18(3)12-13-19(14-18)17(20)16-9-7-15(5-2)8-10-16/h7-10H,4-6,11-14H2,1-3H3. The fraction of sp³-hybridized carbons (Fsp3) is 0.611. The largest absolute Gasteiger partial charge is 0.338 e. The first kappa shape index (κ1) is 15.1. The third-order valence-corrected chi connectivity index (χ3v) is 4.59. The van der Waals surface area contributed by atoms with Gasteiger partial charge in [0.2, 0.25) is 0 Å². The molecule has 2 heteroatoms. The van der Waals surface area contributed by atoms with E-state index in [9.17, 15) is 4.79 Å². The smallest absolute Gasteiger partial charge is 0.253 e. The van der Waals surface area contributed by atoms with E-state index in [0.29, 0.717) is 5.41 Å². The fourth-order valence-electron chi connectivity index (χ4n) is 3.07. The van der Waals surface area contributed by atoms with Crippen LogP contribution in [0, 0.1) is 5.41 Å². The lowest BCUT2D eigenvalue weighted by molar-refractivity contribution is 0.0773. The SMILES string of the molecule is CCCCC1(C)CCN(C(=O)c2ccc(CC)cc2)C1. The van der Waals surface area contributed by atoms with Crippen LogP contribution in [0.2, 0.25) is 0 Å². The number of unbranched alkanes of at least 4 members (excludes halogenated alkanes) is 1. The van der Waals surface area contributed by atoms with Gasteiger partial charge in [-0.25, -0.2) is 0 Å². The Bertz CT molecular complexity index is 451. The van der Waals surface area contributed by atoms with Gasteiger partial charge in [-0.2, -0.15) is 0 Å². The van der Waals surface area contributed by atoms with Crippen LogP contribution in [0.5, 0.6) is 0 Å². The zero-order valence-electron chi connectivity index (χ0n) is 13.1. The van der Waals surface area contributed by atoms with Crippen molar-refractivity contribution < 1.29 is 4.79 Å². The summed E-state index contributed by atoms with van der Waals surface area (Å²) in [6.07, 6.45) is 5.91. The van der Waals surface area contributed by atoms with E-state index in [1.54, 1.807) is 0 Å². The zero-order valence-corrected chi connectivity index (χ0v) is 13.1. The summed E-state index contributed by atoms with van der Waals surface area (Å²) in [4.78, 5) is 14.6. The second kappa shape index (κ2) is 6.43. The van der Waals surface area contributed by atoms with E-state index < -0.39 is 0 Å². The molecule has 1 aliphatic heterocycles. The molecule has 1 unspecified atom stereocenters. The molecule has 20 heavy (non-hydrogen) atoms. The highest BCUT2D eigenvalue weighted by molar-refractivity contribution is 5.94. The number of amides is 1. The number of aryl methyl sites for hydroxylation is 1. The summed E-state index contributed by atoms with van der Waals surface area (Å²) in [5.41, 5.74) is 2.45. The highest BCUT2D eigenvalue weighted by atomic mass is 16.2. The highest BCUT2D eigenvalue weighted by Gasteiger charge is 2.35. The average molecular weight is 273 g/mol. The van der Waals surface area contributed by atoms with Crippen molar-refractivity contribution in [3.8, 4) is 0 Å². The van der Waals surface area contributed by atoms with Crippen molar-refractivity contribution in [2.75, 3.05) is 13.1 Å². The van der Waals surface area contributed by atoms with E-state index in [0.717, 1.165) is 31.5 Å². The lowest BCUT2D eigenvalue weighted by Gasteiger charge is -2.24. The van der Waals surface area contributed by atoms with Crippen molar-refractivity contribution >= 4 is 5.91 Å². The van der Waals surface area contributed by atoms with Crippen molar-refractivity contribution in [1.82, 2.24) is 4.90 Å². The van der Waals surface area contributed by atoms with Crippen LogP contribution in [0.3, 0.4) is 0 Å². The summed E-state index contributed by atoms with van der Waals surface area (Å²) >= 11 is 0. The van der Waals surface area contributed by atoms with Gasteiger partial charge in [0.05, 0.1) is 0 Å². The summed E-state index contributed by atoms with van der Waals surface area (Å²) in [5, 5.41) is 0. The third kappa shape index (κ3) is 3.41. The van der Waals surface area contributed by atoms with Crippen LogP contribution in [0.4, 0.5) is 0 Å². The Morgan fingerprint density at radius 3 is 2.55 bits per heavy atom. The molecular formula is C18H27NO. The number of hydrogen-bond donors (Lipinski definition) is 0. The van der Waals surface area contributed by atoms with Gasteiger partial charge in [-0.15, -0.1) is 0 Å². The maximum atomic E-state index is 12.5. The average Bonchev–Trinajstić information content (AvgIpc) is 2.87. The van der Waals surface area contributed by atoms with Gasteiger partial charge in [0.15, 0.2) is 0 Å². The molecule has 0 N–H and O–H groups in total. The van der Waals surface area contributed by atoms with Crippen LogP contribution in [-0.4, -0.2) is 23.9 Å². The second-order valence-electron chi connectivity index (χ2n) is 6.44. The Kier molecular flexibility index (Phi) is 4.85. The Hall–Kier alpha value is -1.31. The Morgan fingerprint density at radius 2 is 1.95 bits per heavy atom. The molecule has 1 saturated heterocycles. The number of likely N-dealkylation sites (tertiary alicyclic amines) is 1. The predicted molar refractivity (Wildman–Crippen MR) is 84.0 cm³/mol. The molecule has 1 fully saturated rings. The van der Waals surface area contributed by atoms with Crippen LogP contribution >= 0.6 is 0 Å². The third-order valence-electron chi connectivity index (χ3n) is 4.59. The van der Waals surface area contributed by atoms with Gasteiger partial charge in [-0.05, 0) is 42.4 Å². The fourth-order valence-corrected chi connectivity index (χ4v) is 3.07. The molecular weight excluding hydrogens is 246 g/mol. The van der Waals surface area contributed by atoms with E-state index in [1.165, 1.54) is 24.8 Å². The number of nitrogens with zero attached hydrogens (tertiary/aromatic N) is 1. The second-order valence-corrected chi connectivity index (χ2v) is 6.44. The van der Waals surface area contributed by atoms with E-state index >= 15 is 0 Å². The summed E-state index contributed by atoms with van der Waals surface area (Å²) in [7, 11) is 0. The molecule has 0 radical (unpaired) electrons. The topological polar surface area (TPSA) is 20.3 Å². The quantitative estimate of drug-likeness (QED) is 0.783. The van der Waals surface area contributed by atoms with Crippen LogP contribution in [0.1, 0.15) is 62.4 Å². The molecule has 0 bridgehead atoms. The van der Waals surface area contributed by atoms with Gasteiger partial charge in [-0.1, -0.05) is 45.7 Å². The number of carbonyl (C=O) groups is 1. The molecule has 1 aromatic rings. The number of carbonyl (C=O) groups excluding carboxylic acids is 1. The molecule has 0 spiro atoms. The van der Waals surface area contributed by atoms with Crippen molar-refractivity contribution in [3.05, 3.63) is 35.4 Å². The minimum atomic E-state index is 0.202. The maximum absolute atomic E-state index is 12.5. The normalized spacial score (nSPS) is 22.2. The number of rotatable bonds is 5. The molecule has 0 aliphatic carbocycles. The van der Waals surface area contributed by atoms with Gasteiger partial charge in [0.1, 0.15) is 0 Å². The summed E-state index contributed by atoms with van der Waals surface area (Å²) in [6.45, 7) is 8.53. The molecule has 1 aliphatic rings. The molecule has 2 rings (SSSR count). The first-order valence-corrected chi connectivity index (χ1v) is 7.96. The summed E-state index contributed by atoms with van der Waals surface area (Å²) in [5.74, 6) is 0.202. The van der Waals surface area contributed by atoms with Crippen molar-refractivity contribution in [3.63, 3.8) is 0 Å². The molecule has 0 saturated carbocycles. The van der Waals surface area contributed by atoms with E-state index in [1.807, 2.05) is 17.0 Å². The zero-order chi connectivity index (χ0) is 14.6. The monoisotopic (exact) mass is 273 g/mol. The van der Waals surface area contributed by atoms with Gasteiger partial charge >= 0.3 is 0 Å². The minimum Gasteiger partial charge on any atom is -0.338 e. The first-order chi connectivity index (χ1) is 9.58. The Balaban J connectivity index is 1.99. The van der Waals surface area contributed by atoms with E-state index in [-0.39, 0.29) is 5.91 Å². The summed E-state index contributed by atoms with van der Waals surface area (Å²) < 4.78 is 0. The number of hydrogen-bond acceptors (Lipinski definition) is 1. The van der Waals surface area contributed by atoms with Crippen LogP contribution in [0.25, 0.3) is 0 Å². The van der Waals surface area contributed by atoms with E-state index in [2.05, 4.69) is 32.9 Å². The van der Waals surface area contributed by atoms with Gasteiger partial charge < -0.3 is 4.90 Å². The molecule has 1 aromatic carbocycles. The van der Waals surface area contributed by atoms with E-state index in [4.69, 9.17) is 0 Å². The molecule has 0 aromatic heterocycles. The Labute approximate surface area is 123 Å². The summed E-state index contributed by atoms with van der Waals surface area (Å²) in [6, 6.07) is 8.09. The Morgan fingerprint density at radius 1 is 1.25 bits per heavy atom. The first-order valence-electron chi connectivity index (χ1n) is 7.96. The predicted octanol–water partition coefficient (Wildman–Crippen LogP) is 4.29. The highest BCUT2D eigenvalue weighted by Crippen LogP contribution is 2.35. The van der Waals surface area contributed by atoms with Crippen LogP contribution in [0.15, 0.2) is 24.3 Å². The van der Waals surface area contributed by atoms with Crippen LogP contribution < -0.4 is 0 Å². The van der Waals surface area contributed by atoms with Crippen LogP contribution in [-0.2, 0) is 6.42 Å². The van der Waals surface area contributed by atoms with Crippen molar-refractivity contribution in [1.29, 1.82) is 0 Å². The molecule has 2 nitrogen and oxygen atoms in total. The molecule has 1 heterocycles. The van der Waals surface area contributed by atoms with Crippen molar-refractivity contribution in [2.45, 2.75) is 52.9 Å². The number of benzene rings is 1. The van der Waals surface area contributed by atoms with Gasteiger partial charge in [-0.3, -0.25) is 4.79 Å². The van der Waals surface area contributed by atoms with Crippen molar-refractivity contribution in [2.24, 2.45) is 5.41 Å². The molecule has 1 amide bonds. The lowest BCUT2D eigenvalue weighted by Crippen LogP contribution is -2.31. The maximum Gasteiger partial charge on any atom is 0.253 e. The lowest BCUT2D eigenvalue weighted by atomic mass is 9.84.